The minimum absolute atomic E-state index is 0.0435. The monoisotopic (exact) mass is 482 g/mol. The number of ether oxygens (including phenoxy) is 2. The molecule has 7 nitrogen and oxygen atoms in total. The highest BCUT2D eigenvalue weighted by Gasteiger charge is 2.53. The SMILES string of the molecule is CC(C)(C)OC(=O)N1CCN(C2CCC(COc3ccc(S(C)(=O)=O)cc3F)CC2)[C@H]2C[C@H]21. The number of benzene rings is 1. The molecule has 0 radical (unpaired) electrons. The molecule has 1 saturated heterocycles. The van der Waals surface area contributed by atoms with Crippen molar-refractivity contribution >= 4 is 15.9 Å². The third-order valence-electron chi connectivity index (χ3n) is 6.87. The molecule has 3 aliphatic rings. The summed E-state index contributed by atoms with van der Waals surface area (Å²) in [5, 5.41) is 0. The first-order valence-electron chi connectivity index (χ1n) is 11.8. The Labute approximate surface area is 196 Å². The number of piperazine rings is 1. The van der Waals surface area contributed by atoms with E-state index in [1.807, 2.05) is 25.7 Å². The van der Waals surface area contributed by atoms with E-state index < -0.39 is 21.3 Å². The third kappa shape index (κ3) is 5.80. The zero-order chi connectivity index (χ0) is 24.0. The maximum atomic E-state index is 14.2. The number of hydrogen-bond donors (Lipinski definition) is 0. The third-order valence-corrected chi connectivity index (χ3v) is 7.98. The van der Waals surface area contributed by atoms with Gasteiger partial charge >= 0.3 is 6.09 Å². The average Bonchev–Trinajstić information content (AvgIpc) is 3.51. The number of fused-ring (bicyclic) bond motifs is 1. The predicted molar refractivity (Wildman–Crippen MR) is 123 cm³/mol. The summed E-state index contributed by atoms with van der Waals surface area (Å²) >= 11 is 0. The minimum atomic E-state index is -3.44. The molecule has 3 fully saturated rings. The zero-order valence-corrected chi connectivity index (χ0v) is 20.7. The van der Waals surface area contributed by atoms with Gasteiger partial charge in [-0.2, -0.15) is 0 Å². The normalized spacial score (nSPS) is 28.2. The van der Waals surface area contributed by atoms with Crippen molar-refractivity contribution in [3.63, 3.8) is 0 Å². The Bertz CT molecular complexity index is 985. The molecular formula is C24H35FN2O5S. The fraction of sp³-hybridized carbons (Fsp3) is 0.708. The molecule has 2 atom stereocenters. The van der Waals surface area contributed by atoms with Crippen molar-refractivity contribution in [1.29, 1.82) is 0 Å². The Morgan fingerprint density at radius 1 is 1.12 bits per heavy atom. The Hall–Kier alpha value is -1.87. The van der Waals surface area contributed by atoms with Crippen LogP contribution in [0.4, 0.5) is 9.18 Å². The molecule has 184 valence electrons. The average molecular weight is 483 g/mol. The van der Waals surface area contributed by atoms with Crippen LogP contribution in [0, 0.1) is 11.7 Å². The highest BCUT2D eigenvalue weighted by Crippen LogP contribution is 2.41. The summed E-state index contributed by atoms with van der Waals surface area (Å²) in [6, 6.07) is 5.02. The maximum absolute atomic E-state index is 14.2. The highest BCUT2D eigenvalue weighted by molar-refractivity contribution is 7.90. The molecule has 1 aromatic carbocycles. The molecule has 4 rings (SSSR count). The standard InChI is InChI=1S/C24H35FN2O5S/c1-24(2,3)32-23(28)27-12-11-26(20-14-21(20)27)17-7-5-16(6-8-17)15-31-22-10-9-18(13-19(22)25)33(4,29)30/h9-10,13,16-17,20-21H,5-8,11-12,14-15H2,1-4H3/t16?,17?,20-,21+/m0/s1. The number of amides is 1. The van der Waals surface area contributed by atoms with Gasteiger partial charge in [-0.1, -0.05) is 0 Å². The molecule has 0 unspecified atom stereocenters. The van der Waals surface area contributed by atoms with Gasteiger partial charge in [0.2, 0.25) is 0 Å². The molecule has 33 heavy (non-hydrogen) atoms. The van der Waals surface area contributed by atoms with Gasteiger partial charge in [-0.05, 0) is 77.0 Å². The lowest BCUT2D eigenvalue weighted by Gasteiger charge is -2.41. The van der Waals surface area contributed by atoms with Crippen LogP contribution in [-0.4, -0.2) is 74.0 Å². The van der Waals surface area contributed by atoms with E-state index in [2.05, 4.69) is 4.90 Å². The number of hydrogen-bond acceptors (Lipinski definition) is 6. The summed E-state index contributed by atoms with van der Waals surface area (Å²) < 4.78 is 48.6. The van der Waals surface area contributed by atoms with E-state index in [0.29, 0.717) is 31.2 Å². The van der Waals surface area contributed by atoms with Crippen LogP contribution >= 0.6 is 0 Å². The van der Waals surface area contributed by atoms with Gasteiger partial charge in [-0.25, -0.2) is 17.6 Å². The summed E-state index contributed by atoms with van der Waals surface area (Å²) in [5.41, 5.74) is -0.474. The molecule has 2 saturated carbocycles. The van der Waals surface area contributed by atoms with Crippen molar-refractivity contribution in [2.75, 3.05) is 26.0 Å². The van der Waals surface area contributed by atoms with Crippen LogP contribution in [0.2, 0.25) is 0 Å². The molecule has 0 bridgehead atoms. The van der Waals surface area contributed by atoms with Crippen LogP contribution in [0.1, 0.15) is 52.9 Å². The first kappa shape index (κ1) is 24.3. The second-order valence-corrected chi connectivity index (χ2v) is 12.6. The minimum Gasteiger partial charge on any atom is -0.490 e. The Kier molecular flexibility index (Phi) is 6.66. The molecule has 0 spiro atoms. The van der Waals surface area contributed by atoms with Gasteiger partial charge < -0.3 is 14.4 Å². The topological polar surface area (TPSA) is 76.2 Å². The molecular weight excluding hydrogens is 447 g/mol. The molecule has 2 aliphatic carbocycles. The number of rotatable bonds is 5. The van der Waals surface area contributed by atoms with Crippen molar-refractivity contribution in [2.24, 2.45) is 5.92 Å². The summed E-state index contributed by atoms with van der Waals surface area (Å²) in [4.78, 5) is 16.9. The second kappa shape index (κ2) is 9.06. The first-order chi connectivity index (χ1) is 15.4. The quantitative estimate of drug-likeness (QED) is 0.634. The maximum Gasteiger partial charge on any atom is 0.410 e. The van der Waals surface area contributed by atoms with Gasteiger partial charge in [0.15, 0.2) is 21.4 Å². The number of sulfone groups is 1. The highest BCUT2D eigenvalue weighted by atomic mass is 32.2. The summed E-state index contributed by atoms with van der Waals surface area (Å²) in [5.74, 6) is -0.189. The number of halogens is 1. The molecule has 0 aromatic heterocycles. The van der Waals surface area contributed by atoms with Gasteiger partial charge in [-0.15, -0.1) is 0 Å². The van der Waals surface area contributed by atoms with Crippen molar-refractivity contribution < 1.29 is 27.1 Å². The van der Waals surface area contributed by atoms with Gasteiger partial charge in [0.1, 0.15) is 5.60 Å². The zero-order valence-electron chi connectivity index (χ0n) is 19.9. The number of carbonyl (C=O) groups is 1. The van der Waals surface area contributed by atoms with Crippen LogP contribution in [-0.2, 0) is 14.6 Å². The van der Waals surface area contributed by atoms with E-state index in [1.54, 1.807) is 0 Å². The van der Waals surface area contributed by atoms with Crippen LogP contribution in [0.5, 0.6) is 5.75 Å². The van der Waals surface area contributed by atoms with Crippen molar-refractivity contribution in [1.82, 2.24) is 9.80 Å². The summed E-state index contributed by atoms with van der Waals surface area (Å²) in [6.07, 6.45) is 6.03. The largest absolute Gasteiger partial charge is 0.490 e. The van der Waals surface area contributed by atoms with Gasteiger partial charge in [-0.3, -0.25) is 4.90 Å². The van der Waals surface area contributed by atoms with E-state index in [9.17, 15) is 17.6 Å². The Morgan fingerprint density at radius 3 is 2.42 bits per heavy atom. The van der Waals surface area contributed by atoms with Crippen LogP contribution in [0.15, 0.2) is 23.1 Å². The molecule has 0 N–H and O–H groups in total. The van der Waals surface area contributed by atoms with Crippen LogP contribution in [0.3, 0.4) is 0 Å². The number of carbonyl (C=O) groups excluding carboxylic acids is 1. The number of nitrogens with zero attached hydrogens (tertiary/aromatic N) is 2. The van der Waals surface area contributed by atoms with Gasteiger partial charge in [0.25, 0.3) is 0 Å². The van der Waals surface area contributed by atoms with E-state index >= 15 is 0 Å². The second-order valence-electron chi connectivity index (χ2n) is 10.6. The van der Waals surface area contributed by atoms with Gasteiger partial charge in [0, 0.05) is 31.4 Å². The van der Waals surface area contributed by atoms with E-state index in [0.717, 1.165) is 51.0 Å². The lowest BCUT2D eigenvalue weighted by Crippen LogP contribution is -2.53. The summed E-state index contributed by atoms with van der Waals surface area (Å²) in [7, 11) is -3.44. The molecule has 1 aromatic rings. The summed E-state index contributed by atoms with van der Waals surface area (Å²) in [6.45, 7) is 7.71. The smallest absolute Gasteiger partial charge is 0.410 e. The molecule has 9 heteroatoms. The predicted octanol–water partition coefficient (Wildman–Crippen LogP) is 3.86. The van der Waals surface area contributed by atoms with Crippen molar-refractivity contribution in [2.45, 2.75) is 81.5 Å². The van der Waals surface area contributed by atoms with E-state index in [4.69, 9.17) is 9.47 Å². The lowest BCUT2D eigenvalue weighted by molar-refractivity contribution is 0.00528. The van der Waals surface area contributed by atoms with Crippen molar-refractivity contribution in [3.8, 4) is 5.75 Å². The lowest BCUT2D eigenvalue weighted by atomic mass is 9.85. The molecule has 1 heterocycles. The van der Waals surface area contributed by atoms with Gasteiger partial charge in [0.05, 0.1) is 17.5 Å². The fourth-order valence-electron chi connectivity index (χ4n) is 5.10. The molecule has 1 aliphatic heterocycles. The first-order valence-corrected chi connectivity index (χ1v) is 13.7. The fourth-order valence-corrected chi connectivity index (χ4v) is 5.73. The van der Waals surface area contributed by atoms with E-state index in [-0.39, 0.29) is 22.8 Å². The van der Waals surface area contributed by atoms with Crippen LogP contribution in [0.25, 0.3) is 0 Å². The van der Waals surface area contributed by atoms with Crippen LogP contribution < -0.4 is 4.74 Å². The van der Waals surface area contributed by atoms with Crippen molar-refractivity contribution in [3.05, 3.63) is 24.0 Å². The van der Waals surface area contributed by atoms with E-state index in [1.165, 1.54) is 12.1 Å². The Morgan fingerprint density at radius 2 is 1.82 bits per heavy atom. The molecule has 1 amide bonds. The Balaban J connectivity index is 1.23.